The predicted molar refractivity (Wildman–Crippen MR) is 90.1 cm³/mol. The lowest BCUT2D eigenvalue weighted by atomic mass is 10.2. The Kier molecular flexibility index (Phi) is 5.13. The number of rotatable bonds is 5. The summed E-state index contributed by atoms with van der Waals surface area (Å²) in [5.74, 6) is 0.761. The van der Waals surface area contributed by atoms with E-state index in [1.807, 2.05) is 25.1 Å². The van der Waals surface area contributed by atoms with Gasteiger partial charge in [-0.05, 0) is 30.7 Å². The summed E-state index contributed by atoms with van der Waals surface area (Å²) in [4.78, 5) is 18.0. The van der Waals surface area contributed by atoms with E-state index in [4.69, 9.17) is 22.1 Å². The van der Waals surface area contributed by atoms with Gasteiger partial charge in [-0.2, -0.15) is 5.10 Å². The highest BCUT2D eigenvalue weighted by Crippen LogP contribution is 2.20. The number of morpholine rings is 1. The Morgan fingerprint density at radius 2 is 2.12 bits per heavy atom. The van der Waals surface area contributed by atoms with Crippen LogP contribution in [0.2, 0.25) is 5.02 Å². The van der Waals surface area contributed by atoms with E-state index >= 15 is 0 Å². The highest BCUT2D eigenvalue weighted by molar-refractivity contribution is 6.30. The Balaban J connectivity index is 1.95. The minimum atomic E-state index is -0.446. The monoisotopic (exact) mass is 349 g/mol. The molecule has 1 aliphatic heterocycles. The molecule has 3 rings (SSSR count). The SMILES string of the molecule is Cc1cc(Cl)ccc1-n1nc(CC(N)=O)nc1CN1CCOCC1. The molecule has 1 aromatic heterocycles. The highest BCUT2D eigenvalue weighted by atomic mass is 35.5. The third-order valence-corrected chi connectivity index (χ3v) is 4.14. The molecule has 1 amide bonds. The van der Waals surface area contributed by atoms with Crippen molar-refractivity contribution < 1.29 is 9.53 Å². The van der Waals surface area contributed by atoms with Crippen LogP contribution in [0.15, 0.2) is 18.2 Å². The molecule has 0 radical (unpaired) electrons. The number of ether oxygens (including phenoxy) is 1. The van der Waals surface area contributed by atoms with Crippen molar-refractivity contribution in [1.29, 1.82) is 0 Å². The Hall–Kier alpha value is -1.96. The number of aryl methyl sites for hydroxylation is 1. The lowest BCUT2D eigenvalue weighted by Crippen LogP contribution is -2.36. The first-order valence-corrected chi connectivity index (χ1v) is 8.20. The molecule has 0 bridgehead atoms. The van der Waals surface area contributed by atoms with E-state index in [9.17, 15) is 4.79 Å². The molecule has 0 aliphatic carbocycles. The zero-order valence-corrected chi connectivity index (χ0v) is 14.3. The Bertz CT molecular complexity index is 740. The van der Waals surface area contributed by atoms with E-state index in [1.54, 1.807) is 4.68 Å². The lowest BCUT2D eigenvalue weighted by Gasteiger charge is -2.26. The van der Waals surface area contributed by atoms with Crippen LogP contribution in [0.3, 0.4) is 0 Å². The first kappa shape index (κ1) is 16.9. The summed E-state index contributed by atoms with van der Waals surface area (Å²) < 4.78 is 7.16. The molecule has 24 heavy (non-hydrogen) atoms. The van der Waals surface area contributed by atoms with Crippen LogP contribution in [0.5, 0.6) is 0 Å². The van der Waals surface area contributed by atoms with E-state index in [0.717, 1.165) is 30.2 Å². The van der Waals surface area contributed by atoms with Gasteiger partial charge in [0, 0.05) is 18.1 Å². The smallest absolute Gasteiger partial charge is 0.225 e. The van der Waals surface area contributed by atoms with Gasteiger partial charge in [0.05, 0.1) is 31.9 Å². The van der Waals surface area contributed by atoms with Crippen molar-refractivity contribution in [3.63, 3.8) is 0 Å². The number of aromatic nitrogens is 3. The van der Waals surface area contributed by atoms with Gasteiger partial charge in [0.15, 0.2) is 5.82 Å². The van der Waals surface area contributed by atoms with Crippen molar-refractivity contribution >= 4 is 17.5 Å². The third kappa shape index (κ3) is 3.92. The van der Waals surface area contributed by atoms with Crippen LogP contribution in [-0.4, -0.2) is 51.9 Å². The first-order valence-electron chi connectivity index (χ1n) is 7.82. The van der Waals surface area contributed by atoms with E-state index in [1.165, 1.54) is 0 Å². The third-order valence-electron chi connectivity index (χ3n) is 3.91. The normalized spacial score (nSPS) is 15.6. The van der Waals surface area contributed by atoms with Crippen LogP contribution >= 0.6 is 11.6 Å². The van der Waals surface area contributed by atoms with E-state index in [-0.39, 0.29) is 6.42 Å². The molecule has 0 spiro atoms. The fourth-order valence-corrected chi connectivity index (χ4v) is 2.96. The van der Waals surface area contributed by atoms with Crippen LogP contribution in [0, 0.1) is 6.92 Å². The molecule has 1 fully saturated rings. The average Bonchev–Trinajstić information content (AvgIpc) is 2.89. The van der Waals surface area contributed by atoms with Crippen LogP contribution < -0.4 is 5.73 Å². The van der Waals surface area contributed by atoms with Crippen molar-refractivity contribution in [3.05, 3.63) is 40.4 Å². The van der Waals surface area contributed by atoms with Gasteiger partial charge in [-0.15, -0.1) is 0 Å². The average molecular weight is 350 g/mol. The summed E-state index contributed by atoms with van der Waals surface area (Å²) in [6, 6.07) is 5.60. The van der Waals surface area contributed by atoms with Gasteiger partial charge in [-0.1, -0.05) is 11.6 Å². The number of halogens is 1. The molecule has 2 aromatic rings. The summed E-state index contributed by atoms with van der Waals surface area (Å²) in [6.45, 7) is 5.71. The molecule has 2 N–H and O–H groups in total. The van der Waals surface area contributed by atoms with E-state index < -0.39 is 5.91 Å². The number of primary amides is 1. The Morgan fingerprint density at radius 3 is 2.79 bits per heavy atom. The standard InChI is InChI=1S/C16H20ClN5O2/c1-11-8-12(17)2-3-13(11)22-16(10-21-4-6-24-7-5-21)19-15(20-22)9-14(18)23/h2-3,8H,4-7,9-10H2,1H3,(H2,18,23). The predicted octanol–water partition coefficient (Wildman–Crippen LogP) is 1.09. The number of nitrogens with zero attached hydrogens (tertiary/aromatic N) is 4. The van der Waals surface area contributed by atoms with Gasteiger partial charge >= 0.3 is 0 Å². The van der Waals surface area contributed by atoms with Gasteiger partial charge in [-0.3, -0.25) is 9.69 Å². The molecule has 0 saturated carbocycles. The molecule has 2 heterocycles. The minimum Gasteiger partial charge on any atom is -0.379 e. The first-order chi connectivity index (χ1) is 11.5. The zero-order valence-electron chi connectivity index (χ0n) is 13.5. The molecule has 0 atom stereocenters. The van der Waals surface area contributed by atoms with Crippen molar-refractivity contribution in [2.75, 3.05) is 26.3 Å². The second kappa shape index (κ2) is 7.29. The molecule has 1 aromatic carbocycles. The molecular formula is C16H20ClN5O2. The number of nitrogens with two attached hydrogens (primary N) is 1. The molecular weight excluding hydrogens is 330 g/mol. The molecule has 7 nitrogen and oxygen atoms in total. The maximum atomic E-state index is 11.2. The molecule has 1 saturated heterocycles. The van der Waals surface area contributed by atoms with Crippen molar-refractivity contribution in [2.45, 2.75) is 19.9 Å². The van der Waals surface area contributed by atoms with E-state index in [2.05, 4.69) is 15.0 Å². The minimum absolute atomic E-state index is 0.0236. The van der Waals surface area contributed by atoms with Crippen molar-refractivity contribution in [2.24, 2.45) is 5.73 Å². The topological polar surface area (TPSA) is 86.3 Å². The second-order valence-electron chi connectivity index (χ2n) is 5.82. The quantitative estimate of drug-likeness (QED) is 0.873. The van der Waals surface area contributed by atoms with Crippen LogP contribution in [-0.2, 0) is 22.5 Å². The number of benzene rings is 1. The van der Waals surface area contributed by atoms with Crippen LogP contribution in [0.4, 0.5) is 0 Å². The van der Waals surface area contributed by atoms with Gasteiger partial charge in [0.2, 0.25) is 5.91 Å². The van der Waals surface area contributed by atoms with Gasteiger partial charge in [-0.25, -0.2) is 9.67 Å². The van der Waals surface area contributed by atoms with E-state index in [0.29, 0.717) is 30.6 Å². The maximum Gasteiger partial charge on any atom is 0.225 e. The molecule has 8 heteroatoms. The number of hydrogen-bond donors (Lipinski definition) is 1. The number of hydrogen-bond acceptors (Lipinski definition) is 5. The second-order valence-corrected chi connectivity index (χ2v) is 6.25. The number of carbonyl (C=O) groups is 1. The summed E-state index contributed by atoms with van der Waals surface area (Å²) in [6.07, 6.45) is 0.0236. The summed E-state index contributed by atoms with van der Waals surface area (Å²) in [5, 5.41) is 5.15. The molecule has 0 unspecified atom stereocenters. The number of amides is 1. The highest BCUT2D eigenvalue weighted by Gasteiger charge is 2.19. The fourth-order valence-electron chi connectivity index (χ4n) is 2.73. The van der Waals surface area contributed by atoms with Gasteiger partial charge in [0.25, 0.3) is 0 Å². The van der Waals surface area contributed by atoms with Gasteiger partial charge < -0.3 is 10.5 Å². The maximum absolute atomic E-state index is 11.2. The molecule has 128 valence electrons. The largest absolute Gasteiger partial charge is 0.379 e. The summed E-state index contributed by atoms with van der Waals surface area (Å²) >= 11 is 6.05. The van der Waals surface area contributed by atoms with Crippen molar-refractivity contribution in [3.8, 4) is 5.69 Å². The van der Waals surface area contributed by atoms with Crippen LogP contribution in [0.25, 0.3) is 5.69 Å². The Labute approximate surface area is 145 Å². The zero-order chi connectivity index (χ0) is 17.1. The fraction of sp³-hybridized carbons (Fsp3) is 0.438. The summed E-state index contributed by atoms with van der Waals surface area (Å²) in [5.41, 5.74) is 7.17. The van der Waals surface area contributed by atoms with Crippen molar-refractivity contribution in [1.82, 2.24) is 19.7 Å². The molecule has 1 aliphatic rings. The summed E-state index contributed by atoms with van der Waals surface area (Å²) in [7, 11) is 0. The van der Waals surface area contributed by atoms with Gasteiger partial charge in [0.1, 0.15) is 5.82 Å². The van der Waals surface area contributed by atoms with Crippen LogP contribution in [0.1, 0.15) is 17.2 Å². The Morgan fingerprint density at radius 1 is 1.38 bits per heavy atom. The number of carbonyl (C=O) groups excluding carboxylic acids is 1. The lowest BCUT2D eigenvalue weighted by molar-refractivity contribution is -0.117.